The van der Waals surface area contributed by atoms with Gasteiger partial charge in [-0.05, 0) is 37.6 Å². The number of rotatable bonds is 9. The number of nitrogens with one attached hydrogen (secondary N) is 3. The number of carbonyl (C=O) groups excluding carboxylic acids is 3. The zero-order valence-electron chi connectivity index (χ0n) is 14.9. The third kappa shape index (κ3) is 6.37. The lowest BCUT2D eigenvalue weighted by molar-refractivity contribution is -0.140. The van der Waals surface area contributed by atoms with Crippen molar-refractivity contribution in [1.29, 1.82) is 0 Å². The summed E-state index contributed by atoms with van der Waals surface area (Å²) in [5, 5.41) is 16.9. The lowest BCUT2D eigenvalue weighted by atomic mass is 10.0. The largest absolute Gasteiger partial charge is 0.481 e. The zero-order valence-corrected chi connectivity index (χ0v) is 14.9. The molecule has 0 aliphatic carbocycles. The monoisotopic (exact) mass is 376 g/mol. The molecule has 27 heavy (non-hydrogen) atoms. The molecular weight excluding hydrogens is 352 g/mol. The Bertz CT molecular complexity index is 721. The summed E-state index contributed by atoms with van der Waals surface area (Å²) in [5.41, 5.74) is 6.26. The van der Waals surface area contributed by atoms with Crippen LogP contribution >= 0.6 is 0 Å². The number of hydrogen-bond acceptors (Lipinski definition) is 5. The molecule has 0 aromatic heterocycles. The van der Waals surface area contributed by atoms with Crippen molar-refractivity contribution >= 4 is 29.4 Å². The van der Waals surface area contributed by atoms with Crippen molar-refractivity contribution in [1.82, 2.24) is 10.6 Å². The van der Waals surface area contributed by atoms with Gasteiger partial charge in [0.05, 0.1) is 12.3 Å². The summed E-state index contributed by atoms with van der Waals surface area (Å²) < 4.78 is 0. The summed E-state index contributed by atoms with van der Waals surface area (Å²) in [6.45, 7) is 0.634. The Morgan fingerprint density at radius 2 is 2.07 bits per heavy atom. The van der Waals surface area contributed by atoms with Crippen molar-refractivity contribution in [2.45, 2.75) is 31.7 Å². The van der Waals surface area contributed by atoms with Crippen LogP contribution in [0.25, 0.3) is 0 Å². The molecule has 1 aliphatic heterocycles. The van der Waals surface area contributed by atoms with Gasteiger partial charge in [-0.3, -0.25) is 19.2 Å². The highest BCUT2D eigenvalue weighted by molar-refractivity contribution is 5.97. The van der Waals surface area contributed by atoms with Crippen molar-refractivity contribution in [3.63, 3.8) is 0 Å². The van der Waals surface area contributed by atoms with Gasteiger partial charge >= 0.3 is 5.97 Å². The normalized spacial score (nSPS) is 18.6. The molecule has 2 atom stereocenters. The Labute approximate surface area is 156 Å². The highest BCUT2D eigenvalue weighted by atomic mass is 16.4. The third-order valence-electron chi connectivity index (χ3n) is 4.23. The molecule has 0 unspecified atom stereocenters. The Kier molecular flexibility index (Phi) is 7.30. The maximum absolute atomic E-state index is 12.3. The summed E-state index contributed by atoms with van der Waals surface area (Å²) in [6, 6.07) is 6.23. The molecule has 0 radical (unpaired) electrons. The number of amides is 3. The lowest BCUT2D eigenvalue weighted by Crippen LogP contribution is -2.38. The fourth-order valence-electron chi connectivity index (χ4n) is 2.89. The molecule has 1 heterocycles. The summed E-state index contributed by atoms with van der Waals surface area (Å²) in [5.74, 6) is -2.42. The van der Waals surface area contributed by atoms with Gasteiger partial charge in [-0.1, -0.05) is 6.07 Å². The zero-order chi connectivity index (χ0) is 19.8. The van der Waals surface area contributed by atoms with Gasteiger partial charge in [0.2, 0.25) is 11.8 Å². The van der Waals surface area contributed by atoms with Crippen LogP contribution in [-0.2, 0) is 14.4 Å². The minimum absolute atomic E-state index is 0.170. The van der Waals surface area contributed by atoms with Crippen LogP contribution in [0.3, 0.4) is 0 Å². The highest BCUT2D eigenvalue weighted by Gasteiger charge is 2.33. The van der Waals surface area contributed by atoms with E-state index in [1.165, 1.54) is 0 Å². The van der Waals surface area contributed by atoms with Gasteiger partial charge in [0.25, 0.3) is 5.91 Å². The number of carboxylic acids is 1. The van der Waals surface area contributed by atoms with Crippen molar-refractivity contribution in [2.24, 2.45) is 11.7 Å². The van der Waals surface area contributed by atoms with E-state index in [0.717, 1.165) is 0 Å². The average Bonchev–Trinajstić information content (AvgIpc) is 2.97. The van der Waals surface area contributed by atoms with Crippen LogP contribution in [0, 0.1) is 5.92 Å². The number of hydrogen-bond donors (Lipinski definition) is 5. The number of benzene rings is 1. The maximum Gasteiger partial charge on any atom is 0.304 e. The van der Waals surface area contributed by atoms with Gasteiger partial charge in [-0.15, -0.1) is 0 Å². The lowest BCUT2D eigenvalue weighted by Gasteiger charge is -2.12. The summed E-state index contributed by atoms with van der Waals surface area (Å²) >= 11 is 0. The number of carboxylic acid groups (broad SMARTS) is 1. The van der Waals surface area contributed by atoms with E-state index in [1.807, 2.05) is 0 Å². The standard InChI is InChI=1S/C18H24N4O5/c19-6-2-5-15(23)21-13-4-1-3-11(7-13)17(26)20-10-14-8-12(9-16(24)25)18(27)22-14/h1,3-4,7,12,14H,2,5-6,8-10,19H2,(H,20,26)(H,21,23)(H,22,27)(H,24,25)/t12-,14-/m0/s1. The van der Waals surface area contributed by atoms with Crippen LogP contribution < -0.4 is 21.7 Å². The van der Waals surface area contributed by atoms with E-state index >= 15 is 0 Å². The van der Waals surface area contributed by atoms with Crippen LogP contribution in [0.2, 0.25) is 0 Å². The van der Waals surface area contributed by atoms with Crippen LogP contribution in [-0.4, -0.2) is 47.9 Å². The first-order chi connectivity index (χ1) is 12.9. The minimum atomic E-state index is -1.02. The molecule has 1 aromatic carbocycles. The van der Waals surface area contributed by atoms with Crippen LogP contribution in [0.15, 0.2) is 24.3 Å². The van der Waals surface area contributed by atoms with Crippen LogP contribution in [0.1, 0.15) is 36.0 Å². The maximum atomic E-state index is 12.3. The van der Waals surface area contributed by atoms with Crippen LogP contribution in [0.4, 0.5) is 5.69 Å². The van der Waals surface area contributed by atoms with Gasteiger partial charge in [0.1, 0.15) is 0 Å². The van der Waals surface area contributed by atoms with E-state index in [0.29, 0.717) is 37.1 Å². The molecule has 1 aliphatic rings. The van der Waals surface area contributed by atoms with Crippen LogP contribution in [0.5, 0.6) is 0 Å². The SMILES string of the molecule is NCCCC(=O)Nc1cccc(C(=O)NC[C@@H]2C[C@@H](CC(=O)O)C(=O)N2)c1. The minimum Gasteiger partial charge on any atom is -0.481 e. The number of anilines is 1. The smallest absolute Gasteiger partial charge is 0.304 e. The van der Waals surface area contributed by atoms with Gasteiger partial charge in [0.15, 0.2) is 0 Å². The van der Waals surface area contributed by atoms with E-state index in [-0.39, 0.29) is 36.7 Å². The Morgan fingerprint density at radius 3 is 2.78 bits per heavy atom. The van der Waals surface area contributed by atoms with E-state index in [1.54, 1.807) is 24.3 Å². The predicted octanol–water partition coefficient (Wildman–Crippen LogP) is 0.0732. The Morgan fingerprint density at radius 1 is 1.30 bits per heavy atom. The van der Waals surface area contributed by atoms with Crippen molar-refractivity contribution < 1.29 is 24.3 Å². The molecule has 1 aromatic rings. The Hall–Kier alpha value is -2.94. The van der Waals surface area contributed by atoms with Crippen molar-refractivity contribution in [3.8, 4) is 0 Å². The molecule has 146 valence electrons. The first kappa shape index (κ1) is 20.4. The van der Waals surface area contributed by atoms with Gasteiger partial charge < -0.3 is 26.8 Å². The fraction of sp³-hybridized carbons (Fsp3) is 0.444. The van der Waals surface area contributed by atoms with Crippen molar-refractivity contribution in [3.05, 3.63) is 29.8 Å². The van der Waals surface area contributed by atoms with Gasteiger partial charge in [-0.2, -0.15) is 0 Å². The second kappa shape index (κ2) is 9.67. The summed E-state index contributed by atoms with van der Waals surface area (Å²) in [4.78, 5) is 46.5. The topological polar surface area (TPSA) is 151 Å². The molecule has 0 spiro atoms. The molecule has 3 amide bonds. The molecule has 1 fully saturated rings. The van der Waals surface area contributed by atoms with E-state index in [9.17, 15) is 19.2 Å². The van der Waals surface area contributed by atoms with Gasteiger partial charge in [-0.25, -0.2) is 0 Å². The predicted molar refractivity (Wildman–Crippen MR) is 98.0 cm³/mol. The molecule has 2 rings (SSSR count). The third-order valence-corrected chi connectivity index (χ3v) is 4.23. The molecule has 1 saturated heterocycles. The Balaban J connectivity index is 1.86. The second-order valence-electron chi connectivity index (χ2n) is 6.47. The first-order valence-electron chi connectivity index (χ1n) is 8.79. The highest BCUT2D eigenvalue weighted by Crippen LogP contribution is 2.19. The molecule has 0 bridgehead atoms. The van der Waals surface area contributed by atoms with E-state index < -0.39 is 11.9 Å². The molecule has 9 heteroatoms. The molecule has 0 saturated carbocycles. The first-order valence-corrected chi connectivity index (χ1v) is 8.79. The summed E-state index contributed by atoms with van der Waals surface area (Å²) in [6.07, 6.45) is 1.04. The number of nitrogens with two attached hydrogens (primary N) is 1. The number of carbonyl (C=O) groups is 4. The fourth-order valence-corrected chi connectivity index (χ4v) is 2.89. The summed E-state index contributed by atoms with van der Waals surface area (Å²) in [7, 11) is 0. The quantitative estimate of drug-likeness (QED) is 0.411. The van der Waals surface area contributed by atoms with Crippen molar-refractivity contribution in [2.75, 3.05) is 18.4 Å². The van der Waals surface area contributed by atoms with E-state index in [2.05, 4.69) is 16.0 Å². The number of aliphatic carboxylic acids is 1. The molecule has 9 nitrogen and oxygen atoms in total. The molecular formula is C18H24N4O5. The van der Waals surface area contributed by atoms with Gasteiger partial charge in [0, 0.05) is 30.3 Å². The second-order valence-corrected chi connectivity index (χ2v) is 6.47. The average molecular weight is 376 g/mol. The molecule has 6 N–H and O–H groups in total. The van der Waals surface area contributed by atoms with E-state index in [4.69, 9.17) is 10.8 Å².